The molecule has 2 aromatic rings. The normalized spacial score (nSPS) is 36.5. The van der Waals surface area contributed by atoms with E-state index in [9.17, 15) is 45.0 Å². The van der Waals surface area contributed by atoms with Crippen molar-refractivity contribution in [3.05, 3.63) is 24.7 Å². The molecule has 0 spiro atoms. The van der Waals surface area contributed by atoms with Gasteiger partial charge in [-0.1, -0.05) is 11.8 Å². The first-order chi connectivity index (χ1) is 20.0. The van der Waals surface area contributed by atoms with Crippen molar-refractivity contribution >= 4 is 43.3 Å². The third-order valence-electron chi connectivity index (χ3n) is 6.39. The monoisotopic (exact) mass is 674 g/mol. The number of anilines is 1. The minimum atomic E-state index is -5.51. The maximum absolute atomic E-state index is 12.6. The number of nitrogens with zero attached hydrogens (tertiary/aromatic N) is 5. The molecule has 0 aliphatic carbocycles. The molecule has 0 radical (unpaired) electrons. The van der Waals surface area contributed by atoms with Crippen molar-refractivity contribution in [2.24, 2.45) is 0 Å². The minimum Gasteiger partial charge on any atom is -0.394 e. The molecule has 2 aliphatic heterocycles. The molecule has 4 rings (SSSR count). The van der Waals surface area contributed by atoms with E-state index in [2.05, 4.69) is 41.4 Å². The third kappa shape index (κ3) is 6.87. The molecule has 0 bridgehead atoms. The van der Waals surface area contributed by atoms with E-state index in [0.29, 0.717) is 0 Å². The zero-order chi connectivity index (χ0) is 31.9. The molecule has 0 saturated carbocycles. The fraction of sp³-hybridized carbons (Fsp3) is 0.632. The quantitative estimate of drug-likeness (QED) is 0.0795. The van der Waals surface area contributed by atoms with Gasteiger partial charge in [0.2, 0.25) is 0 Å². The smallest absolute Gasteiger partial charge is 0.394 e. The van der Waals surface area contributed by atoms with Crippen LogP contribution in [0.25, 0.3) is 11.2 Å². The lowest BCUT2D eigenvalue weighted by molar-refractivity contribution is -0.292. The van der Waals surface area contributed by atoms with Crippen molar-refractivity contribution in [1.82, 2.24) is 25.0 Å². The molecule has 2 fully saturated rings. The Morgan fingerprint density at radius 2 is 1.93 bits per heavy atom. The van der Waals surface area contributed by atoms with Crippen molar-refractivity contribution in [3.63, 3.8) is 0 Å². The van der Waals surface area contributed by atoms with Crippen molar-refractivity contribution in [1.29, 1.82) is 0 Å². The van der Waals surface area contributed by atoms with Gasteiger partial charge in [0.05, 0.1) is 13.2 Å². The van der Waals surface area contributed by atoms with Crippen molar-refractivity contribution in [2.75, 3.05) is 18.9 Å². The number of aromatic nitrogens is 5. The van der Waals surface area contributed by atoms with Gasteiger partial charge in [0.15, 0.2) is 35.1 Å². The van der Waals surface area contributed by atoms with E-state index >= 15 is 0 Å². The van der Waals surface area contributed by atoms with E-state index in [0.717, 1.165) is 17.1 Å². The van der Waals surface area contributed by atoms with E-state index < -0.39 is 88.6 Å². The lowest BCUT2D eigenvalue weighted by atomic mass is 9.94. The van der Waals surface area contributed by atoms with Crippen LogP contribution < -0.4 is 5.73 Å². The average molecular weight is 674 g/mol. The molecular formula is C19H28N6O15P2S. The third-order valence-corrected chi connectivity index (χ3v) is 9.90. The highest BCUT2D eigenvalue weighted by Crippen LogP contribution is 2.62. The van der Waals surface area contributed by atoms with Gasteiger partial charge in [-0.3, -0.25) is 4.52 Å². The SMILES string of the molecule is C=C=C[C@@]1(O)[C@H](O)[C@@H](COP(O)(=S)OP(=O)(O)OC2OC([C@@H](O)CO)C(O)C(O)C2O)O[C@H]1n1nnc2c(N)ncnc21. The highest BCUT2D eigenvalue weighted by Gasteiger charge is 2.57. The maximum atomic E-state index is 12.6. The maximum Gasteiger partial charge on any atom is 0.481 e. The first-order valence-corrected chi connectivity index (χ1v) is 16.1. The van der Waals surface area contributed by atoms with Crippen LogP contribution in [0.4, 0.5) is 5.82 Å². The van der Waals surface area contributed by atoms with Crippen molar-refractivity contribution < 1.29 is 72.9 Å². The van der Waals surface area contributed by atoms with Crippen LogP contribution in [0.15, 0.2) is 24.7 Å². The Kier molecular flexibility index (Phi) is 10.2. The molecule has 2 saturated heterocycles. The Balaban J connectivity index is 1.46. The molecule has 2 aliphatic rings. The second kappa shape index (κ2) is 12.9. The van der Waals surface area contributed by atoms with Gasteiger partial charge in [0, 0.05) is 0 Å². The van der Waals surface area contributed by atoms with Crippen LogP contribution >= 0.6 is 14.5 Å². The Morgan fingerprint density at radius 3 is 2.58 bits per heavy atom. The second-order valence-corrected chi connectivity index (χ2v) is 13.7. The predicted molar refractivity (Wildman–Crippen MR) is 140 cm³/mol. The van der Waals surface area contributed by atoms with Gasteiger partial charge in [0.1, 0.15) is 49.1 Å². The summed E-state index contributed by atoms with van der Waals surface area (Å²) in [6.07, 6.45) is -14.8. The van der Waals surface area contributed by atoms with Crippen LogP contribution in [-0.2, 0) is 39.2 Å². The number of hydrogen-bond donors (Lipinski definition) is 10. The summed E-state index contributed by atoms with van der Waals surface area (Å²) in [6, 6.07) is 0. The second-order valence-electron chi connectivity index (χ2n) is 9.28. The van der Waals surface area contributed by atoms with Crippen LogP contribution in [0.1, 0.15) is 6.23 Å². The van der Waals surface area contributed by atoms with Crippen LogP contribution in [0.3, 0.4) is 0 Å². The first kappa shape index (κ1) is 34.0. The Labute approximate surface area is 245 Å². The number of nitrogen functional groups attached to an aromatic ring is 1. The molecule has 43 heavy (non-hydrogen) atoms. The highest BCUT2D eigenvalue weighted by atomic mass is 32.5. The Hall–Kier alpha value is -1.88. The summed E-state index contributed by atoms with van der Waals surface area (Å²) in [5.74, 6) is -0.0387. The van der Waals surface area contributed by atoms with Gasteiger partial charge < -0.3 is 65.3 Å². The molecule has 7 unspecified atom stereocenters. The highest BCUT2D eigenvalue weighted by molar-refractivity contribution is 8.08. The van der Waals surface area contributed by atoms with Gasteiger partial charge in [-0.2, -0.15) is 4.68 Å². The van der Waals surface area contributed by atoms with Gasteiger partial charge in [-0.05, 0) is 17.9 Å². The van der Waals surface area contributed by atoms with Crippen LogP contribution in [0.2, 0.25) is 0 Å². The summed E-state index contributed by atoms with van der Waals surface area (Å²) in [6.45, 7) is -3.21. The van der Waals surface area contributed by atoms with Gasteiger partial charge in [0.25, 0.3) is 0 Å². The first-order valence-electron chi connectivity index (χ1n) is 12.0. The Bertz CT molecular complexity index is 1460. The van der Waals surface area contributed by atoms with Gasteiger partial charge >= 0.3 is 14.5 Å². The summed E-state index contributed by atoms with van der Waals surface area (Å²) >= 11 is 4.74. The summed E-state index contributed by atoms with van der Waals surface area (Å²) in [5, 5.41) is 78.7. The van der Waals surface area contributed by atoms with E-state index in [-0.39, 0.29) is 17.0 Å². The van der Waals surface area contributed by atoms with Gasteiger partial charge in [-0.25, -0.2) is 18.8 Å². The largest absolute Gasteiger partial charge is 0.481 e. The van der Waals surface area contributed by atoms with E-state index in [1.165, 1.54) is 0 Å². The number of rotatable bonds is 11. The zero-order valence-electron chi connectivity index (χ0n) is 21.6. The predicted octanol–water partition coefficient (Wildman–Crippen LogP) is -4.34. The van der Waals surface area contributed by atoms with E-state index in [4.69, 9.17) is 36.6 Å². The van der Waals surface area contributed by atoms with Gasteiger partial charge in [-0.15, -0.1) is 10.8 Å². The van der Waals surface area contributed by atoms with E-state index in [1.807, 2.05) is 0 Å². The van der Waals surface area contributed by atoms with E-state index in [1.54, 1.807) is 0 Å². The van der Waals surface area contributed by atoms with Crippen LogP contribution in [0.5, 0.6) is 0 Å². The van der Waals surface area contributed by atoms with Crippen LogP contribution in [0, 0.1) is 0 Å². The topological polar surface area (TPSA) is 328 Å². The lowest BCUT2D eigenvalue weighted by Crippen LogP contribution is -2.61. The fourth-order valence-electron chi connectivity index (χ4n) is 4.29. The number of hydrogen-bond acceptors (Lipinski definition) is 19. The number of phosphoric ester groups is 1. The molecule has 0 aromatic carbocycles. The summed E-state index contributed by atoms with van der Waals surface area (Å²) in [5.41, 5.74) is 5.85. The van der Waals surface area contributed by atoms with Crippen molar-refractivity contribution in [2.45, 2.75) is 60.8 Å². The molecule has 240 valence electrons. The molecule has 0 amide bonds. The number of ether oxygens (including phenoxy) is 2. The number of aliphatic hydroxyl groups excluding tert-OH is 6. The molecule has 11 N–H and O–H groups in total. The molecule has 12 atom stereocenters. The summed E-state index contributed by atoms with van der Waals surface area (Å²) in [4.78, 5) is 28.4. The lowest BCUT2D eigenvalue weighted by Gasteiger charge is -2.41. The molecule has 21 nitrogen and oxygen atoms in total. The zero-order valence-corrected chi connectivity index (χ0v) is 24.2. The fourth-order valence-corrected chi connectivity index (χ4v) is 7.39. The molecule has 2 aromatic heterocycles. The molecule has 4 heterocycles. The number of aliphatic hydroxyl groups is 7. The minimum absolute atomic E-state index is 0.00892. The summed E-state index contributed by atoms with van der Waals surface area (Å²) < 4.78 is 38.5. The number of fused-ring (bicyclic) bond motifs is 1. The average Bonchev–Trinajstić information content (AvgIpc) is 3.46. The Morgan fingerprint density at radius 1 is 1.23 bits per heavy atom. The van der Waals surface area contributed by atoms with Crippen molar-refractivity contribution in [3.8, 4) is 0 Å². The number of nitrogens with two attached hydrogens (primary N) is 1. The van der Waals surface area contributed by atoms with Crippen LogP contribution in [-0.4, -0.2) is 138 Å². The standard InChI is InChI=1S/C19H28N6O15P2S/c1-2-3-19(32)14(31)8(37-18(19)25-16-9(23-24-25)15(20)21-6-22-16)5-36-42(35,43)40-41(33,34)39-17-12(30)10(28)11(29)13(38-17)7(27)4-26/h3,6-8,10-14,17-18,26-32H,1,4-5H2,(H,33,34)(H,35,43)(H2,20,21,22)/t7-,8+,10?,11?,12?,13?,14+,17?,18+,19+,42?/m0/s1. The molecule has 24 heteroatoms. The summed E-state index contributed by atoms with van der Waals surface area (Å²) in [7, 11) is -5.51. The number of phosphoric acid groups is 1. The molecular weight excluding hydrogens is 646 g/mol.